The molecule has 0 aliphatic rings. The van der Waals surface area contributed by atoms with Crippen LogP contribution >= 0.6 is 12.2 Å². The third-order valence-corrected chi connectivity index (χ3v) is 3.12. The molecule has 0 atom stereocenters. The van der Waals surface area contributed by atoms with Crippen molar-refractivity contribution in [2.24, 2.45) is 0 Å². The molecule has 0 saturated carbocycles. The van der Waals surface area contributed by atoms with Gasteiger partial charge < -0.3 is 20.1 Å². The van der Waals surface area contributed by atoms with Crippen molar-refractivity contribution in [1.82, 2.24) is 5.32 Å². The van der Waals surface area contributed by atoms with Crippen LogP contribution in [0.5, 0.6) is 5.75 Å². The van der Waals surface area contributed by atoms with Crippen LogP contribution in [-0.2, 0) is 14.3 Å². The third-order valence-electron chi connectivity index (χ3n) is 2.92. The van der Waals surface area contributed by atoms with Gasteiger partial charge in [-0.15, -0.1) is 0 Å². The van der Waals surface area contributed by atoms with E-state index in [1.807, 2.05) is 24.3 Å². The summed E-state index contributed by atoms with van der Waals surface area (Å²) in [4.78, 5) is 22.6. The van der Waals surface area contributed by atoms with Crippen molar-refractivity contribution in [3.8, 4) is 5.75 Å². The minimum absolute atomic E-state index is 0.0226. The second kappa shape index (κ2) is 10.6. The summed E-state index contributed by atoms with van der Waals surface area (Å²) < 4.78 is 10.0. The molecule has 0 heterocycles. The van der Waals surface area contributed by atoms with Crippen LogP contribution in [0.2, 0.25) is 0 Å². The lowest BCUT2D eigenvalue weighted by molar-refractivity contribution is -0.142. The van der Waals surface area contributed by atoms with Gasteiger partial charge in [-0.25, -0.2) is 0 Å². The molecule has 0 aliphatic heterocycles. The average Bonchev–Trinajstić information content (AvgIpc) is 2.54. The third kappa shape index (κ3) is 8.15. The lowest BCUT2D eigenvalue weighted by atomic mass is 10.3. The summed E-state index contributed by atoms with van der Waals surface area (Å²) in [6, 6.07) is 7.29. The maximum Gasteiger partial charge on any atom is 0.306 e. The smallest absolute Gasteiger partial charge is 0.306 e. The number of thiocarbonyl (C=S) groups is 1. The maximum atomic E-state index is 11.6. The number of carbonyl (C=O) groups excluding carboxylic acids is 2. The number of esters is 1. The zero-order valence-corrected chi connectivity index (χ0v) is 14.2. The van der Waals surface area contributed by atoms with Gasteiger partial charge in [0.15, 0.2) is 5.11 Å². The standard InChI is InChI=1S/C16H22N2O4S/c1-3-4-11-22-13-7-5-12(6-8-13)17-16(23)18-14(19)9-10-15(20)21-2/h5-8H,3-4,9-11H2,1-2H3,(H2,17,18,19,23). The van der Waals surface area contributed by atoms with Gasteiger partial charge in [0.25, 0.3) is 0 Å². The van der Waals surface area contributed by atoms with E-state index >= 15 is 0 Å². The monoisotopic (exact) mass is 338 g/mol. The van der Waals surface area contributed by atoms with Crippen LogP contribution in [0.1, 0.15) is 32.6 Å². The van der Waals surface area contributed by atoms with E-state index in [0.717, 1.165) is 24.3 Å². The lowest BCUT2D eigenvalue weighted by Crippen LogP contribution is -2.34. The first-order valence-electron chi connectivity index (χ1n) is 7.45. The molecule has 0 radical (unpaired) electrons. The second-order valence-electron chi connectivity index (χ2n) is 4.80. The van der Waals surface area contributed by atoms with E-state index in [-0.39, 0.29) is 23.9 Å². The molecule has 23 heavy (non-hydrogen) atoms. The van der Waals surface area contributed by atoms with Gasteiger partial charge in [0.05, 0.1) is 20.1 Å². The van der Waals surface area contributed by atoms with Crippen LogP contribution in [0.25, 0.3) is 0 Å². The van der Waals surface area contributed by atoms with E-state index < -0.39 is 5.97 Å². The minimum Gasteiger partial charge on any atom is -0.494 e. The zero-order valence-electron chi connectivity index (χ0n) is 13.4. The van der Waals surface area contributed by atoms with E-state index in [9.17, 15) is 9.59 Å². The fourth-order valence-electron chi connectivity index (χ4n) is 1.64. The Bertz CT molecular complexity index is 531. The molecule has 1 rings (SSSR count). The Labute approximate surface area is 141 Å². The molecule has 1 aromatic rings. The number of hydrogen-bond acceptors (Lipinski definition) is 5. The summed E-state index contributed by atoms with van der Waals surface area (Å²) >= 11 is 5.05. The molecule has 0 unspecified atom stereocenters. The summed E-state index contributed by atoms with van der Waals surface area (Å²) in [6.07, 6.45) is 2.15. The molecular formula is C16H22N2O4S. The van der Waals surface area contributed by atoms with Gasteiger partial charge in [-0.05, 0) is 42.9 Å². The number of unbranched alkanes of at least 4 members (excludes halogenated alkanes) is 1. The summed E-state index contributed by atoms with van der Waals surface area (Å²) in [7, 11) is 1.28. The largest absolute Gasteiger partial charge is 0.494 e. The molecule has 1 amide bonds. The molecule has 2 N–H and O–H groups in total. The first-order chi connectivity index (χ1) is 11.0. The quantitative estimate of drug-likeness (QED) is 0.431. The van der Waals surface area contributed by atoms with Crippen molar-refractivity contribution >= 4 is 34.9 Å². The number of hydrogen-bond donors (Lipinski definition) is 2. The Hall–Kier alpha value is -2.15. The van der Waals surface area contributed by atoms with Crippen molar-refractivity contribution in [2.75, 3.05) is 19.0 Å². The van der Waals surface area contributed by atoms with Crippen molar-refractivity contribution in [2.45, 2.75) is 32.6 Å². The van der Waals surface area contributed by atoms with Gasteiger partial charge in [-0.3, -0.25) is 9.59 Å². The van der Waals surface area contributed by atoms with Gasteiger partial charge in [0.2, 0.25) is 5.91 Å². The van der Waals surface area contributed by atoms with Gasteiger partial charge in [0, 0.05) is 12.1 Å². The lowest BCUT2D eigenvalue weighted by Gasteiger charge is -2.10. The minimum atomic E-state index is -0.433. The molecule has 0 aromatic heterocycles. The molecule has 1 aromatic carbocycles. The van der Waals surface area contributed by atoms with E-state index in [2.05, 4.69) is 22.3 Å². The van der Waals surface area contributed by atoms with Crippen molar-refractivity contribution in [1.29, 1.82) is 0 Å². The Morgan fingerprint density at radius 2 is 1.87 bits per heavy atom. The van der Waals surface area contributed by atoms with Crippen molar-refractivity contribution in [3.05, 3.63) is 24.3 Å². The summed E-state index contributed by atoms with van der Waals surface area (Å²) in [5.74, 6) is 0.0159. The van der Waals surface area contributed by atoms with Crippen LogP contribution in [0, 0.1) is 0 Å². The second-order valence-corrected chi connectivity index (χ2v) is 5.21. The van der Waals surface area contributed by atoms with E-state index in [4.69, 9.17) is 17.0 Å². The topological polar surface area (TPSA) is 76.7 Å². The van der Waals surface area contributed by atoms with E-state index in [0.29, 0.717) is 6.61 Å². The fourth-order valence-corrected chi connectivity index (χ4v) is 1.87. The van der Waals surface area contributed by atoms with Gasteiger partial charge in [-0.1, -0.05) is 13.3 Å². The van der Waals surface area contributed by atoms with Crippen LogP contribution < -0.4 is 15.4 Å². The number of nitrogens with one attached hydrogen (secondary N) is 2. The number of ether oxygens (including phenoxy) is 2. The number of anilines is 1. The predicted octanol–water partition coefficient (Wildman–Crippen LogP) is 2.63. The van der Waals surface area contributed by atoms with Crippen LogP contribution in [0.3, 0.4) is 0 Å². The summed E-state index contributed by atoms with van der Waals surface area (Å²) in [5.41, 5.74) is 0.742. The number of benzene rings is 1. The number of carbonyl (C=O) groups is 2. The zero-order chi connectivity index (χ0) is 17.1. The van der Waals surface area contributed by atoms with Crippen molar-refractivity contribution < 1.29 is 19.1 Å². The maximum absolute atomic E-state index is 11.6. The Balaban J connectivity index is 2.36. The van der Waals surface area contributed by atoms with Crippen LogP contribution in [-0.4, -0.2) is 30.7 Å². The molecule has 0 spiro atoms. The SMILES string of the molecule is CCCCOc1ccc(NC(=S)NC(=O)CCC(=O)OC)cc1. The van der Waals surface area contributed by atoms with Crippen LogP contribution in [0.4, 0.5) is 5.69 Å². The first-order valence-corrected chi connectivity index (χ1v) is 7.86. The molecule has 0 aliphatic carbocycles. The highest BCUT2D eigenvalue weighted by molar-refractivity contribution is 7.80. The van der Waals surface area contributed by atoms with E-state index in [1.165, 1.54) is 7.11 Å². The molecule has 6 nitrogen and oxygen atoms in total. The first kappa shape index (κ1) is 18.9. The number of amides is 1. The molecule has 7 heteroatoms. The highest BCUT2D eigenvalue weighted by Crippen LogP contribution is 2.16. The molecule has 0 bridgehead atoms. The van der Waals surface area contributed by atoms with Crippen LogP contribution in [0.15, 0.2) is 24.3 Å². The molecule has 0 saturated heterocycles. The van der Waals surface area contributed by atoms with Gasteiger partial charge in [0.1, 0.15) is 5.75 Å². The van der Waals surface area contributed by atoms with Gasteiger partial charge >= 0.3 is 5.97 Å². The Kier molecular flexibility index (Phi) is 8.67. The fraction of sp³-hybridized carbons (Fsp3) is 0.438. The number of rotatable bonds is 8. The molecule has 126 valence electrons. The normalized spacial score (nSPS) is 9.83. The van der Waals surface area contributed by atoms with E-state index in [1.54, 1.807) is 0 Å². The summed E-state index contributed by atoms with van der Waals surface area (Å²) in [5, 5.41) is 5.58. The molecule has 0 fully saturated rings. The number of methoxy groups -OCH3 is 1. The highest BCUT2D eigenvalue weighted by atomic mass is 32.1. The van der Waals surface area contributed by atoms with Gasteiger partial charge in [-0.2, -0.15) is 0 Å². The van der Waals surface area contributed by atoms with Crippen molar-refractivity contribution in [3.63, 3.8) is 0 Å². The highest BCUT2D eigenvalue weighted by Gasteiger charge is 2.08. The predicted molar refractivity (Wildman–Crippen MR) is 92.5 cm³/mol. The molecular weight excluding hydrogens is 316 g/mol. The summed E-state index contributed by atoms with van der Waals surface area (Å²) in [6.45, 7) is 2.80. The Morgan fingerprint density at radius 1 is 1.17 bits per heavy atom. The average molecular weight is 338 g/mol. The Morgan fingerprint density at radius 3 is 2.48 bits per heavy atom.